The van der Waals surface area contributed by atoms with Crippen molar-refractivity contribution in [1.82, 2.24) is 4.72 Å². The van der Waals surface area contributed by atoms with E-state index in [1.54, 1.807) is 6.92 Å². The van der Waals surface area contributed by atoms with E-state index in [2.05, 4.69) is 11.6 Å². The van der Waals surface area contributed by atoms with Crippen LogP contribution in [0.15, 0.2) is 58.3 Å². The van der Waals surface area contributed by atoms with Crippen molar-refractivity contribution in [3.8, 4) is 0 Å². The van der Waals surface area contributed by atoms with Crippen LogP contribution in [0, 0.1) is 5.92 Å². The lowest BCUT2D eigenvalue weighted by Crippen LogP contribution is -2.31. The van der Waals surface area contributed by atoms with E-state index >= 15 is 0 Å². The SMILES string of the molecule is CCc1ccc(C(NS(=O)(=O)c2ccc(S(=O)(=O)CC)cc2)C(C)C)cc1. The Morgan fingerprint density at radius 2 is 1.33 bits per heavy atom. The summed E-state index contributed by atoms with van der Waals surface area (Å²) in [5.74, 6) is 0.0209. The molecule has 1 N–H and O–H groups in total. The maximum Gasteiger partial charge on any atom is 0.241 e. The lowest BCUT2D eigenvalue weighted by molar-refractivity contribution is 0.463. The minimum absolute atomic E-state index is 0.0273. The number of rotatable bonds is 8. The van der Waals surface area contributed by atoms with Crippen molar-refractivity contribution in [1.29, 1.82) is 0 Å². The molecule has 1 unspecified atom stereocenters. The number of sulfonamides is 1. The first kappa shape index (κ1) is 21.6. The molecule has 0 aliphatic rings. The summed E-state index contributed by atoms with van der Waals surface area (Å²) in [4.78, 5) is 0.174. The Kier molecular flexibility index (Phi) is 6.83. The smallest absolute Gasteiger partial charge is 0.224 e. The van der Waals surface area contributed by atoms with E-state index in [9.17, 15) is 16.8 Å². The highest BCUT2D eigenvalue weighted by molar-refractivity contribution is 7.91. The van der Waals surface area contributed by atoms with E-state index in [-0.39, 0.29) is 27.5 Å². The van der Waals surface area contributed by atoms with Crippen molar-refractivity contribution in [2.45, 2.75) is 49.9 Å². The van der Waals surface area contributed by atoms with Gasteiger partial charge >= 0.3 is 0 Å². The van der Waals surface area contributed by atoms with Crippen LogP contribution >= 0.6 is 0 Å². The summed E-state index contributed by atoms with van der Waals surface area (Å²) in [5, 5.41) is 0. The van der Waals surface area contributed by atoms with E-state index < -0.39 is 19.9 Å². The molecule has 7 heteroatoms. The summed E-state index contributed by atoms with van der Waals surface area (Å²) < 4.78 is 52.2. The molecule has 0 amide bonds. The van der Waals surface area contributed by atoms with Gasteiger partial charge in [0.2, 0.25) is 10.0 Å². The molecule has 5 nitrogen and oxygen atoms in total. The molecule has 0 saturated carbocycles. The van der Waals surface area contributed by atoms with Gasteiger partial charge in [0.15, 0.2) is 9.84 Å². The first-order valence-electron chi connectivity index (χ1n) is 9.04. The average Bonchev–Trinajstić information content (AvgIpc) is 2.66. The topological polar surface area (TPSA) is 80.3 Å². The summed E-state index contributed by atoms with van der Waals surface area (Å²) in [6, 6.07) is 12.9. The van der Waals surface area contributed by atoms with Crippen molar-refractivity contribution in [3.63, 3.8) is 0 Å². The third-order valence-corrected chi connectivity index (χ3v) is 7.78. The van der Waals surface area contributed by atoms with Gasteiger partial charge in [0.1, 0.15) is 0 Å². The number of hydrogen-bond donors (Lipinski definition) is 1. The lowest BCUT2D eigenvalue weighted by Gasteiger charge is -2.23. The first-order chi connectivity index (χ1) is 12.6. The molecule has 0 saturated heterocycles. The molecule has 1 atom stereocenters. The molecule has 0 radical (unpaired) electrons. The molecule has 0 bridgehead atoms. The Labute approximate surface area is 162 Å². The van der Waals surface area contributed by atoms with E-state index in [1.165, 1.54) is 29.8 Å². The normalized spacial score (nSPS) is 13.7. The standard InChI is InChI=1S/C20H27NO4S2/c1-5-16-7-9-17(10-8-16)20(15(3)4)21-27(24,25)19-13-11-18(12-14-19)26(22,23)6-2/h7-15,20-21H,5-6H2,1-4H3. The van der Waals surface area contributed by atoms with Crippen LogP contribution in [-0.2, 0) is 26.3 Å². The van der Waals surface area contributed by atoms with Gasteiger partial charge in [0.25, 0.3) is 0 Å². The molecule has 0 spiro atoms. The number of hydrogen-bond acceptors (Lipinski definition) is 4. The van der Waals surface area contributed by atoms with Gasteiger partial charge in [0.05, 0.1) is 15.5 Å². The van der Waals surface area contributed by atoms with Crippen LogP contribution in [0.5, 0.6) is 0 Å². The van der Waals surface area contributed by atoms with Crippen LogP contribution in [-0.4, -0.2) is 22.6 Å². The zero-order valence-electron chi connectivity index (χ0n) is 16.1. The maximum absolute atomic E-state index is 12.8. The molecule has 0 fully saturated rings. The van der Waals surface area contributed by atoms with Gasteiger partial charge < -0.3 is 0 Å². The van der Waals surface area contributed by atoms with E-state index in [0.717, 1.165) is 12.0 Å². The fraction of sp³-hybridized carbons (Fsp3) is 0.400. The number of sulfone groups is 1. The molecule has 0 aromatic heterocycles. The predicted molar refractivity (Wildman–Crippen MR) is 108 cm³/mol. The van der Waals surface area contributed by atoms with E-state index in [0.29, 0.717) is 0 Å². The third-order valence-electron chi connectivity index (χ3n) is 4.57. The largest absolute Gasteiger partial charge is 0.241 e. The molecule has 0 heterocycles. The Balaban J connectivity index is 2.31. The van der Waals surface area contributed by atoms with Crippen molar-refractivity contribution < 1.29 is 16.8 Å². The minimum Gasteiger partial charge on any atom is -0.224 e. The summed E-state index contributed by atoms with van der Waals surface area (Å²) in [7, 11) is -7.14. The molecular weight excluding hydrogens is 382 g/mol. The van der Waals surface area contributed by atoms with Gasteiger partial charge in [0, 0.05) is 6.04 Å². The highest BCUT2D eigenvalue weighted by atomic mass is 32.2. The molecular formula is C20H27NO4S2. The monoisotopic (exact) mass is 409 g/mol. The van der Waals surface area contributed by atoms with Crippen LogP contribution in [0.4, 0.5) is 0 Å². The van der Waals surface area contributed by atoms with Crippen molar-refractivity contribution in [2.24, 2.45) is 5.92 Å². The van der Waals surface area contributed by atoms with Crippen LogP contribution in [0.2, 0.25) is 0 Å². The van der Waals surface area contributed by atoms with Crippen molar-refractivity contribution in [3.05, 3.63) is 59.7 Å². The number of benzene rings is 2. The van der Waals surface area contributed by atoms with Crippen LogP contribution in [0.3, 0.4) is 0 Å². The Bertz CT molecular complexity index is 962. The summed E-state index contributed by atoms with van der Waals surface area (Å²) in [6.07, 6.45) is 0.922. The number of nitrogens with one attached hydrogen (secondary N) is 1. The highest BCUT2D eigenvalue weighted by Crippen LogP contribution is 2.25. The van der Waals surface area contributed by atoms with E-state index in [4.69, 9.17) is 0 Å². The van der Waals surface area contributed by atoms with Crippen molar-refractivity contribution >= 4 is 19.9 Å². The molecule has 2 rings (SSSR count). The fourth-order valence-corrected chi connectivity index (χ4v) is 5.03. The van der Waals surface area contributed by atoms with Gasteiger partial charge in [-0.3, -0.25) is 0 Å². The number of aryl methyl sites for hydroxylation is 1. The first-order valence-corrected chi connectivity index (χ1v) is 12.2. The van der Waals surface area contributed by atoms with Gasteiger partial charge in [-0.15, -0.1) is 0 Å². The lowest BCUT2D eigenvalue weighted by atomic mass is 9.96. The molecule has 2 aromatic carbocycles. The van der Waals surface area contributed by atoms with Gasteiger partial charge in [-0.1, -0.05) is 52.0 Å². The Morgan fingerprint density at radius 3 is 1.78 bits per heavy atom. The predicted octanol–water partition coefficient (Wildman–Crippen LogP) is 3.72. The van der Waals surface area contributed by atoms with Crippen LogP contribution in [0.1, 0.15) is 44.9 Å². The molecule has 2 aromatic rings. The molecule has 0 aliphatic heterocycles. The van der Waals surface area contributed by atoms with Crippen LogP contribution < -0.4 is 4.72 Å². The van der Waals surface area contributed by atoms with Crippen molar-refractivity contribution in [2.75, 3.05) is 5.75 Å². The van der Waals surface area contributed by atoms with Gasteiger partial charge in [-0.25, -0.2) is 21.6 Å². The highest BCUT2D eigenvalue weighted by Gasteiger charge is 2.24. The second-order valence-electron chi connectivity index (χ2n) is 6.81. The minimum atomic E-state index is -3.78. The van der Waals surface area contributed by atoms with Gasteiger partial charge in [-0.2, -0.15) is 0 Å². The van der Waals surface area contributed by atoms with Gasteiger partial charge in [-0.05, 0) is 47.7 Å². The van der Waals surface area contributed by atoms with Crippen LogP contribution in [0.25, 0.3) is 0 Å². The third kappa shape index (κ3) is 5.18. The quantitative estimate of drug-likeness (QED) is 0.721. The fourth-order valence-electron chi connectivity index (χ4n) is 2.78. The summed E-state index contributed by atoms with van der Waals surface area (Å²) in [5.41, 5.74) is 2.09. The summed E-state index contributed by atoms with van der Waals surface area (Å²) >= 11 is 0. The zero-order chi connectivity index (χ0) is 20.2. The average molecular weight is 410 g/mol. The summed E-state index contributed by atoms with van der Waals surface area (Å²) in [6.45, 7) is 7.54. The molecule has 27 heavy (non-hydrogen) atoms. The Morgan fingerprint density at radius 1 is 0.815 bits per heavy atom. The van der Waals surface area contributed by atoms with E-state index in [1.807, 2.05) is 38.1 Å². The zero-order valence-corrected chi connectivity index (χ0v) is 17.8. The maximum atomic E-state index is 12.8. The molecule has 148 valence electrons. The molecule has 0 aliphatic carbocycles. The Hall–Kier alpha value is -1.70. The second-order valence-corrected chi connectivity index (χ2v) is 10.8. The second kappa shape index (κ2) is 8.54.